The van der Waals surface area contributed by atoms with E-state index in [4.69, 9.17) is 20.7 Å². The first kappa shape index (κ1) is 19.2. The van der Waals surface area contributed by atoms with Crippen molar-refractivity contribution in [3.63, 3.8) is 0 Å². The first-order chi connectivity index (χ1) is 13.7. The van der Waals surface area contributed by atoms with E-state index in [1.807, 2.05) is 6.07 Å². The van der Waals surface area contributed by atoms with E-state index in [9.17, 15) is 0 Å². The zero-order chi connectivity index (χ0) is 19.3. The number of morpholine rings is 1. The molecule has 4 N–H and O–H groups in total. The van der Waals surface area contributed by atoms with Gasteiger partial charge in [0.25, 0.3) is 0 Å². The SMILES string of the molecule is N/C(=N\O)c1cc(N2CCNCC2)cc(N2CCC(N3CCOCC3)CC2)n1. The first-order valence-corrected chi connectivity index (χ1v) is 10.3. The third-order valence-corrected chi connectivity index (χ3v) is 6.00. The van der Waals surface area contributed by atoms with Crippen LogP contribution >= 0.6 is 0 Å². The quantitative estimate of drug-likeness (QED) is 0.284. The van der Waals surface area contributed by atoms with Gasteiger partial charge in [-0.05, 0) is 18.9 Å². The molecule has 0 aromatic carbocycles. The van der Waals surface area contributed by atoms with Crippen molar-refractivity contribution in [1.82, 2.24) is 15.2 Å². The van der Waals surface area contributed by atoms with Crippen LogP contribution in [0.15, 0.2) is 17.3 Å². The molecule has 1 aromatic heterocycles. The summed E-state index contributed by atoms with van der Waals surface area (Å²) in [5.74, 6) is 0.972. The lowest BCUT2D eigenvalue weighted by molar-refractivity contribution is 0.0115. The highest BCUT2D eigenvalue weighted by molar-refractivity contribution is 5.96. The lowest BCUT2D eigenvalue weighted by atomic mass is 10.0. The molecular weight excluding hydrogens is 358 g/mol. The number of amidine groups is 1. The number of hydrogen-bond donors (Lipinski definition) is 3. The van der Waals surface area contributed by atoms with E-state index in [1.165, 1.54) is 0 Å². The summed E-state index contributed by atoms with van der Waals surface area (Å²) in [6.07, 6.45) is 2.25. The fourth-order valence-corrected chi connectivity index (χ4v) is 4.35. The molecule has 0 saturated carbocycles. The average Bonchev–Trinajstić information content (AvgIpc) is 2.79. The summed E-state index contributed by atoms with van der Waals surface area (Å²) in [5.41, 5.74) is 7.50. The predicted molar refractivity (Wildman–Crippen MR) is 109 cm³/mol. The molecule has 9 heteroatoms. The van der Waals surface area contributed by atoms with Gasteiger partial charge in [-0.3, -0.25) is 4.90 Å². The van der Waals surface area contributed by atoms with Gasteiger partial charge in [-0.25, -0.2) is 4.98 Å². The molecule has 3 aliphatic rings. The molecule has 154 valence electrons. The maximum absolute atomic E-state index is 9.14. The Bertz CT molecular complexity index is 679. The largest absolute Gasteiger partial charge is 0.409 e. The van der Waals surface area contributed by atoms with Crippen molar-refractivity contribution in [2.24, 2.45) is 10.9 Å². The molecule has 0 unspecified atom stereocenters. The Morgan fingerprint density at radius 3 is 2.46 bits per heavy atom. The zero-order valence-electron chi connectivity index (χ0n) is 16.4. The number of rotatable bonds is 4. The smallest absolute Gasteiger partial charge is 0.188 e. The molecule has 9 nitrogen and oxygen atoms in total. The van der Waals surface area contributed by atoms with Crippen molar-refractivity contribution < 1.29 is 9.94 Å². The van der Waals surface area contributed by atoms with Crippen molar-refractivity contribution in [2.45, 2.75) is 18.9 Å². The van der Waals surface area contributed by atoms with Gasteiger partial charge in [0.05, 0.1) is 13.2 Å². The molecule has 28 heavy (non-hydrogen) atoms. The Labute approximate surface area is 166 Å². The summed E-state index contributed by atoms with van der Waals surface area (Å²) >= 11 is 0. The maximum Gasteiger partial charge on any atom is 0.188 e. The van der Waals surface area contributed by atoms with E-state index in [-0.39, 0.29) is 5.84 Å². The second-order valence-corrected chi connectivity index (χ2v) is 7.66. The average molecular weight is 390 g/mol. The lowest BCUT2D eigenvalue weighted by Gasteiger charge is -2.40. The van der Waals surface area contributed by atoms with Crippen LogP contribution in [0.4, 0.5) is 11.5 Å². The predicted octanol–water partition coefficient (Wildman–Crippen LogP) is -0.113. The number of nitrogens with one attached hydrogen (secondary N) is 1. The van der Waals surface area contributed by atoms with E-state index in [2.05, 4.69) is 31.2 Å². The molecule has 0 radical (unpaired) electrons. The summed E-state index contributed by atoms with van der Waals surface area (Å²) in [6.45, 7) is 9.50. The van der Waals surface area contributed by atoms with Gasteiger partial charge in [0, 0.05) is 70.2 Å². The summed E-state index contributed by atoms with van der Waals surface area (Å²) in [7, 11) is 0. The summed E-state index contributed by atoms with van der Waals surface area (Å²) < 4.78 is 5.48. The Balaban J connectivity index is 1.50. The first-order valence-electron chi connectivity index (χ1n) is 10.3. The molecule has 3 saturated heterocycles. The van der Waals surface area contributed by atoms with Gasteiger partial charge in [-0.1, -0.05) is 5.16 Å². The minimum Gasteiger partial charge on any atom is -0.409 e. The number of ether oxygens (including phenoxy) is 1. The highest BCUT2D eigenvalue weighted by atomic mass is 16.5. The monoisotopic (exact) mass is 389 g/mol. The molecule has 1 aromatic rings. The van der Waals surface area contributed by atoms with Crippen LogP contribution in [0.3, 0.4) is 0 Å². The fourth-order valence-electron chi connectivity index (χ4n) is 4.35. The van der Waals surface area contributed by atoms with E-state index in [0.29, 0.717) is 11.7 Å². The van der Waals surface area contributed by atoms with Crippen LogP contribution in [0.2, 0.25) is 0 Å². The van der Waals surface area contributed by atoms with E-state index in [1.54, 1.807) is 0 Å². The van der Waals surface area contributed by atoms with Crippen LogP contribution in [-0.4, -0.2) is 92.5 Å². The number of piperidine rings is 1. The Morgan fingerprint density at radius 1 is 1.07 bits per heavy atom. The summed E-state index contributed by atoms with van der Waals surface area (Å²) in [5, 5.41) is 15.7. The van der Waals surface area contributed by atoms with Crippen LogP contribution < -0.4 is 20.9 Å². The number of oxime groups is 1. The highest BCUT2D eigenvalue weighted by Crippen LogP contribution is 2.26. The Morgan fingerprint density at radius 2 is 1.79 bits per heavy atom. The van der Waals surface area contributed by atoms with Crippen LogP contribution in [-0.2, 0) is 4.74 Å². The second-order valence-electron chi connectivity index (χ2n) is 7.66. The molecule has 3 fully saturated rings. The van der Waals surface area contributed by atoms with Gasteiger partial charge < -0.3 is 30.8 Å². The fraction of sp³-hybridized carbons (Fsp3) is 0.684. The van der Waals surface area contributed by atoms with Gasteiger partial charge in [-0.15, -0.1) is 0 Å². The molecule has 4 rings (SSSR count). The maximum atomic E-state index is 9.14. The lowest BCUT2D eigenvalue weighted by Crippen LogP contribution is -2.49. The number of pyridine rings is 1. The highest BCUT2D eigenvalue weighted by Gasteiger charge is 2.27. The van der Waals surface area contributed by atoms with Gasteiger partial charge in [0.2, 0.25) is 0 Å². The number of aromatic nitrogens is 1. The van der Waals surface area contributed by atoms with Crippen molar-refractivity contribution in [3.8, 4) is 0 Å². The standard InChI is InChI=1S/C19H31N7O2/c20-19(23-27)17-13-16(24-7-3-21-4-8-24)14-18(22-17)26-5-1-15(2-6-26)25-9-11-28-12-10-25/h13-15,21,27H,1-12H2,(H2,20,23). The Hall–Kier alpha value is -2.10. The van der Waals surface area contributed by atoms with Crippen LogP contribution in [0, 0.1) is 0 Å². The van der Waals surface area contributed by atoms with Crippen LogP contribution in [0.25, 0.3) is 0 Å². The van der Waals surface area contributed by atoms with Crippen molar-refractivity contribution >= 4 is 17.3 Å². The summed E-state index contributed by atoms with van der Waals surface area (Å²) in [6, 6.07) is 4.69. The number of anilines is 2. The van der Waals surface area contributed by atoms with E-state index < -0.39 is 0 Å². The number of nitrogens with zero attached hydrogens (tertiary/aromatic N) is 5. The van der Waals surface area contributed by atoms with Gasteiger partial charge in [-0.2, -0.15) is 0 Å². The van der Waals surface area contributed by atoms with Gasteiger partial charge in [0.15, 0.2) is 5.84 Å². The zero-order valence-corrected chi connectivity index (χ0v) is 16.4. The van der Waals surface area contributed by atoms with Crippen molar-refractivity contribution in [3.05, 3.63) is 17.8 Å². The summed E-state index contributed by atoms with van der Waals surface area (Å²) in [4.78, 5) is 11.9. The second kappa shape index (κ2) is 8.93. The minimum absolute atomic E-state index is 0.0569. The third kappa shape index (κ3) is 4.31. The van der Waals surface area contributed by atoms with Crippen molar-refractivity contribution in [1.29, 1.82) is 0 Å². The number of nitrogens with two attached hydrogens (primary N) is 1. The molecule has 0 aliphatic carbocycles. The van der Waals surface area contributed by atoms with E-state index >= 15 is 0 Å². The molecule has 0 spiro atoms. The molecule has 3 aliphatic heterocycles. The molecule has 0 atom stereocenters. The molecular formula is C19H31N7O2. The van der Waals surface area contributed by atoms with Crippen LogP contribution in [0.5, 0.6) is 0 Å². The van der Waals surface area contributed by atoms with Crippen LogP contribution in [0.1, 0.15) is 18.5 Å². The molecule has 0 amide bonds. The number of hydrogen-bond acceptors (Lipinski definition) is 8. The Kier molecular flexibility index (Phi) is 6.13. The third-order valence-electron chi connectivity index (χ3n) is 6.00. The van der Waals surface area contributed by atoms with Gasteiger partial charge in [0.1, 0.15) is 11.5 Å². The number of piperazine rings is 1. The molecule has 4 heterocycles. The van der Waals surface area contributed by atoms with E-state index in [0.717, 1.165) is 89.9 Å². The normalized spacial score (nSPS) is 23.2. The molecule has 0 bridgehead atoms. The van der Waals surface area contributed by atoms with Gasteiger partial charge >= 0.3 is 0 Å². The minimum atomic E-state index is 0.0569. The van der Waals surface area contributed by atoms with Crippen molar-refractivity contribution in [2.75, 3.05) is 75.4 Å². The topological polar surface area (TPSA) is 102 Å².